The number of carboxylic acid groups (broad SMARTS) is 2. The van der Waals surface area contributed by atoms with Crippen molar-refractivity contribution < 1.29 is 121 Å². The van der Waals surface area contributed by atoms with Crippen molar-refractivity contribution in [1.82, 2.24) is 5.43 Å². The zero-order valence-corrected chi connectivity index (χ0v) is 21.7. The molecule has 0 bridgehead atoms. The third-order valence-corrected chi connectivity index (χ3v) is 3.69. The maximum Gasteiger partial charge on any atom is 1.00 e. The molecule has 9 nitrogen and oxygen atoms in total. The number of carbonyl (C=O) groups is 2. The van der Waals surface area contributed by atoms with Crippen LogP contribution in [0.25, 0.3) is 0 Å². The Morgan fingerprint density at radius 1 is 1.20 bits per heavy atom. The monoisotopic (exact) mass is 418 g/mol. The first kappa shape index (κ1) is 30.8. The Balaban J connectivity index is -0.00000161. The predicted molar refractivity (Wildman–Crippen MR) is 69.3 cm³/mol. The molecule has 14 heteroatoms. The van der Waals surface area contributed by atoms with Gasteiger partial charge in [0.05, 0.1) is 27.6 Å². The number of aliphatic carboxylic acids is 2. The number of anilines is 1. The zero-order valence-electron chi connectivity index (χ0n) is 14.1. The van der Waals surface area contributed by atoms with Crippen LogP contribution in [0.1, 0.15) is 12.0 Å². The van der Waals surface area contributed by atoms with Crippen LogP contribution in [-0.4, -0.2) is 31.0 Å². The van der Waals surface area contributed by atoms with Crippen molar-refractivity contribution in [2.75, 3.05) is 5.43 Å². The number of carboxylic acids is 2. The summed E-state index contributed by atoms with van der Waals surface area (Å²) in [6.07, 6.45) is -0.862. The smallest absolute Gasteiger partial charge is 0.744 e. The van der Waals surface area contributed by atoms with E-state index < -0.39 is 39.4 Å². The van der Waals surface area contributed by atoms with Gasteiger partial charge in [0.1, 0.15) is 10.1 Å². The Kier molecular flexibility index (Phi) is 16.4. The van der Waals surface area contributed by atoms with E-state index in [0.29, 0.717) is 0 Å². The van der Waals surface area contributed by atoms with Gasteiger partial charge in [0.2, 0.25) is 0 Å². The molecule has 0 spiro atoms. The van der Waals surface area contributed by atoms with Crippen LogP contribution < -0.4 is 110 Å². The number of halogens is 1. The van der Waals surface area contributed by atoms with Crippen molar-refractivity contribution in [3.05, 3.63) is 22.7 Å². The Morgan fingerprint density at radius 2 is 1.72 bits per heavy atom. The molecule has 0 saturated carbocycles. The number of nitrogens with one attached hydrogen (secondary N) is 2. The molecule has 0 fully saturated rings. The first-order valence-electron chi connectivity index (χ1n) is 5.70. The Bertz CT molecular complexity index is 695. The molecule has 0 saturated heterocycles. The van der Waals surface area contributed by atoms with E-state index in [9.17, 15) is 32.8 Å². The second-order valence-corrected chi connectivity index (χ2v) is 6.06. The Hall–Kier alpha value is 1.12. The van der Waals surface area contributed by atoms with Crippen molar-refractivity contribution in [3.63, 3.8) is 0 Å². The number of hydrazine groups is 1. The molecule has 0 heterocycles. The summed E-state index contributed by atoms with van der Waals surface area (Å²) in [6, 6.07) is 0.307. The fourth-order valence-corrected chi connectivity index (χ4v) is 2.50. The molecular weight excluding hydrogens is 409 g/mol. The number of aryl methyl sites for hydroxylation is 1. The molecule has 25 heavy (non-hydrogen) atoms. The van der Waals surface area contributed by atoms with Crippen LogP contribution in [-0.2, 0) is 19.7 Å². The van der Waals surface area contributed by atoms with Gasteiger partial charge in [-0.05, 0) is 24.6 Å². The second-order valence-electron chi connectivity index (χ2n) is 4.27. The molecule has 122 valence electrons. The molecule has 1 rings (SSSR count). The van der Waals surface area contributed by atoms with Gasteiger partial charge < -0.3 is 29.8 Å². The SMILES string of the molecule is Cc1cc(S(=O)(=O)[O-])cc(Cl)c1NNC(CC(=O)[O-])C(=O)[O-].[Na+].[Na+].[Na+]. The number of carbonyl (C=O) groups excluding carboxylic acids is 2. The van der Waals surface area contributed by atoms with Gasteiger partial charge in [-0.25, -0.2) is 13.8 Å². The van der Waals surface area contributed by atoms with Gasteiger partial charge in [-0.15, -0.1) is 0 Å². The summed E-state index contributed by atoms with van der Waals surface area (Å²) >= 11 is 5.81. The van der Waals surface area contributed by atoms with Gasteiger partial charge >= 0.3 is 88.7 Å². The number of hydrogen-bond acceptors (Lipinski definition) is 9. The van der Waals surface area contributed by atoms with Gasteiger partial charge in [0.25, 0.3) is 0 Å². The zero-order chi connectivity index (χ0) is 17.1. The molecule has 1 aromatic rings. The second kappa shape index (κ2) is 13.3. The van der Waals surface area contributed by atoms with E-state index in [1.807, 2.05) is 0 Å². The molecule has 2 N–H and O–H groups in total. The minimum Gasteiger partial charge on any atom is -0.744 e. The van der Waals surface area contributed by atoms with Gasteiger partial charge in [0, 0.05) is 12.4 Å². The average Bonchev–Trinajstić information content (AvgIpc) is 2.34. The molecule has 0 aliphatic carbocycles. The molecule has 1 aromatic carbocycles. The van der Waals surface area contributed by atoms with E-state index >= 15 is 0 Å². The molecule has 1 unspecified atom stereocenters. The third kappa shape index (κ3) is 10.3. The van der Waals surface area contributed by atoms with E-state index in [0.717, 1.165) is 12.1 Å². The summed E-state index contributed by atoms with van der Waals surface area (Å²) < 4.78 is 32.8. The van der Waals surface area contributed by atoms with Crippen LogP contribution in [0.4, 0.5) is 5.69 Å². The van der Waals surface area contributed by atoms with Crippen LogP contribution >= 0.6 is 11.6 Å². The van der Waals surface area contributed by atoms with Gasteiger partial charge in [0.15, 0.2) is 0 Å². The van der Waals surface area contributed by atoms with E-state index in [1.54, 1.807) is 0 Å². The molecule has 0 radical (unpaired) electrons. The largest absolute Gasteiger partial charge is 1.00 e. The fourth-order valence-electron chi connectivity index (χ4n) is 1.53. The van der Waals surface area contributed by atoms with E-state index in [-0.39, 0.29) is 105 Å². The summed E-state index contributed by atoms with van der Waals surface area (Å²) in [7, 11) is -4.70. The first-order chi connectivity index (χ1) is 10.0. The molecule has 0 aliphatic heterocycles. The van der Waals surface area contributed by atoms with Gasteiger partial charge in [-0.1, -0.05) is 11.6 Å². The summed E-state index contributed by atoms with van der Waals surface area (Å²) in [5.41, 5.74) is 4.82. The Labute approximate surface area is 215 Å². The first-order valence-corrected chi connectivity index (χ1v) is 7.49. The van der Waals surface area contributed by atoms with Crippen LogP contribution in [0, 0.1) is 6.92 Å². The maximum absolute atomic E-state index is 10.9. The average molecular weight is 419 g/mol. The van der Waals surface area contributed by atoms with Crippen molar-refractivity contribution in [1.29, 1.82) is 0 Å². The van der Waals surface area contributed by atoms with Crippen molar-refractivity contribution in [2.24, 2.45) is 0 Å². The van der Waals surface area contributed by atoms with E-state index in [1.165, 1.54) is 6.92 Å². The van der Waals surface area contributed by atoms with Gasteiger partial charge in [-0.3, -0.25) is 0 Å². The summed E-state index contributed by atoms with van der Waals surface area (Å²) in [6.45, 7) is 1.41. The molecule has 0 amide bonds. The summed E-state index contributed by atoms with van der Waals surface area (Å²) in [5, 5.41) is 21.0. The number of hydrogen-bond donors (Lipinski definition) is 2. The van der Waals surface area contributed by atoms with Crippen molar-refractivity contribution >= 4 is 39.3 Å². The third-order valence-electron chi connectivity index (χ3n) is 2.58. The molecule has 0 aliphatic rings. The maximum atomic E-state index is 10.9. The standard InChI is InChI=1S/C11H13ClN2O7S.3Na/c1-5-2-6(22(19,20)21)3-7(12)10(5)14-13-8(11(17)18)4-9(15)16;;;/h2-3,8,13-14H,4H2,1H3,(H,15,16)(H,17,18)(H,19,20,21);;;/q;3*+1/p-3. The normalized spacial score (nSPS) is 11.2. The van der Waals surface area contributed by atoms with Crippen molar-refractivity contribution in [2.45, 2.75) is 24.3 Å². The van der Waals surface area contributed by atoms with Crippen LogP contribution in [0.3, 0.4) is 0 Å². The molecule has 0 aromatic heterocycles. The minimum absolute atomic E-state index is 0. The Morgan fingerprint density at radius 3 is 2.08 bits per heavy atom. The van der Waals surface area contributed by atoms with Gasteiger partial charge in [-0.2, -0.15) is 0 Å². The van der Waals surface area contributed by atoms with Crippen LogP contribution in [0.5, 0.6) is 0 Å². The molecular formula is C11H10ClN2Na3O7S. The number of rotatable bonds is 7. The topological polar surface area (TPSA) is 162 Å². The van der Waals surface area contributed by atoms with E-state index in [2.05, 4.69) is 10.9 Å². The summed E-state index contributed by atoms with van der Waals surface area (Å²) in [5.74, 6) is -3.30. The van der Waals surface area contributed by atoms with Crippen LogP contribution in [0.2, 0.25) is 5.02 Å². The molecule has 1 atom stereocenters. The fraction of sp³-hybridized carbons (Fsp3) is 0.273. The van der Waals surface area contributed by atoms with Crippen LogP contribution in [0.15, 0.2) is 17.0 Å². The number of benzene rings is 1. The van der Waals surface area contributed by atoms with Crippen molar-refractivity contribution in [3.8, 4) is 0 Å². The minimum atomic E-state index is -4.70. The van der Waals surface area contributed by atoms with E-state index in [4.69, 9.17) is 11.6 Å². The summed E-state index contributed by atoms with van der Waals surface area (Å²) in [4.78, 5) is 20.6. The predicted octanol–water partition coefficient (Wildman–Crippen LogP) is -11.3. The quantitative estimate of drug-likeness (QED) is 0.249.